The number of morpholine rings is 1. The maximum atomic E-state index is 13.3. The zero-order valence-corrected chi connectivity index (χ0v) is 21.8. The summed E-state index contributed by atoms with van der Waals surface area (Å²) in [7, 11) is 0. The van der Waals surface area contributed by atoms with Crippen molar-refractivity contribution >= 4 is 45.9 Å². The summed E-state index contributed by atoms with van der Waals surface area (Å²) in [5.41, 5.74) is 6.21. The Balaban J connectivity index is 1.68. The van der Waals surface area contributed by atoms with E-state index in [1.165, 1.54) is 6.08 Å². The number of ketones is 1. The minimum absolute atomic E-state index is 0.0527. The van der Waals surface area contributed by atoms with Crippen molar-refractivity contribution in [1.29, 1.82) is 0 Å². The maximum absolute atomic E-state index is 13.3. The van der Waals surface area contributed by atoms with Gasteiger partial charge in [0.1, 0.15) is 5.65 Å². The van der Waals surface area contributed by atoms with Crippen molar-refractivity contribution in [1.82, 2.24) is 14.9 Å². The number of fused-ring (bicyclic) bond motifs is 1. The van der Waals surface area contributed by atoms with Crippen LogP contribution in [0.2, 0.25) is 10.0 Å². The number of H-pyrrole nitrogens is 1. The normalized spacial score (nSPS) is 13.6. The Morgan fingerprint density at radius 3 is 2.59 bits per heavy atom. The van der Waals surface area contributed by atoms with E-state index in [0.717, 1.165) is 38.9 Å². The van der Waals surface area contributed by atoms with Gasteiger partial charge in [0.15, 0.2) is 5.78 Å². The third-order valence-corrected chi connectivity index (χ3v) is 7.30. The van der Waals surface area contributed by atoms with Crippen LogP contribution >= 0.6 is 23.2 Å². The summed E-state index contributed by atoms with van der Waals surface area (Å²) in [6.07, 6.45) is 3.24. The van der Waals surface area contributed by atoms with E-state index in [1.807, 2.05) is 31.2 Å². The number of nitrogens with zero attached hydrogens (tertiary/aromatic N) is 2. The van der Waals surface area contributed by atoms with Gasteiger partial charge < -0.3 is 14.6 Å². The Hall–Kier alpha value is -3.45. The van der Waals surface area contributed by atoms with Crippen LogP contribution in [0.3, 0.4) is 0 Å². The number of nitrogens with one attached hydrogen (secondary N) is 1. The van der Waals surface area contributed by atoms with Gasteiger partial charge in [-0.2, -0.15) is 0 Å². The molecule has 2 aromatic carbocycles. The molecule has 1 N–H and O–H groups in total. The van der Waals surface area contributed by atoms with Crippen LogP contribution in [0.4, 0.5) is 0 Å². The molecule has 188 valence electrons. The molecule has 3 heterocycles. The van der Waals surface area contributed by atoms with Crippen molar-refractivity contribution in [3.63, 3.8) is 0 Å². The predicted molar refractivity (Wildman–Crippen MR) is 147 cm³/mol. The number of carbonyl (C=O) groups excluding carboxylic acids is 2. The molecule has 5 rings (SSSR count). The van der Waals surface area contributed by atoms with E-state index < -0.39 is 0 Å². The second-order valence-electron chi connectivity index (χ2n) is 8.98. The summed E-state index contributed by atoms with van der Waals surface area (Å²) < 4.78 is 5.39. The second kappa shape index (κ2) is 10.5. The lowest BCUT2D eigenvalue weighted by Crippen LogP contribution is -2.40. The number of rotatable bonds is 6. The number of ether oxygens (including phenoxy) is 1. The first-order chi connectivity index (χ1) is 17.9. The van der Waals surface area contributed by atoms with Gasteiger partial charge in [-0.05, 0) is 53.5 Å². The van der Waals surface area contributed by atoms with E-state index in [1.54, 1.807) is 29.3 Å². The molecule has 2 aromatic heterocycles. The summed E-state index contributed by atoms with van der Waals surface area (Å²) in [4.78, 5) is 35.1. The zero-order chi connectivity index (χ0) is 26.1. The molecule has 0 unspecified atom stereocenters. The van der Waals surface area contributed by atoms with Gasteiger partial charge in [-0.3, -0.25) is 9.59 Å². The van der Waals surface area contributed by atoms with Crippen LogP contribution in [0.25, 0.3) is 33.4 Å². The summed E-state index contributed by atoms with van der Waals surface area (Å²) in [5.74, 6) is -0.187. The smallest absolute Gasteiger partial charge is 0.255 e. The molecule has 0 spiro atoms. The summed E-state index contributed by atoms with van der Waals surface area (Å²) in [5, 5.41) is 1.69. The highest BCUT2D eigenvalue weighted by atomic mass is 35.5. The lowest BCUT2D eigenvalue weighted by molar-refractivity contribution is -0.114. The van der Waals surface area contributed by atoms with Gasteiger partial charge in [0.2, 0.25) is 0 Å². The fourth-order valence-corrected chi connectivity index (χ4v) is 5.08. The number of aromatic nitrogens is 2. The SMILES string of the molecule is C=CC(=O)Cc1cc(-c2c(-c3ccc(Cl)c(C(=O)N4CCOCC4)c3)[nH]c3nccc(Cl)c23)ccc1C. The summed E-state index contributed by atoms with van der Waals surface area (Å²) in [6.45, 7) is 7.62. The quantitative estimate of drug-likeness (QED) is 0.296. The fraction of sp³-hybridized carbons (Fsp3) is 0.207. The standard InChI is InChI=1S/C29H25Cl2N3O3/c1-3-21(35)15-20-14-18(5-4-17(20)2)25-26-24(31)8-9-32-28(26)33-27(25)19-6-7-23(30)22(16-19)29(36)34-10-12-37-13-11-34/h3-9,14,16H,1,10-13,15H2,2H3,(H,32,33). The molecule has 1 fully saturated rings. The van der Waals surface area contributed by atoms with Crippen LogP contribution in [0.5, 0.6) is 0 Å². The molecule has 0 radical (unpaired) electrons. The van der Waals surface area contributed by atoms with Crippen LogP contribution in [0.1, 0.15) is 21.5 Å². The van der Waals surface area contributed by atoms with Gasteiger partial charge in [-0.25, -0.2) is 4.98 Å². The molecule has 1 aliphatic rings. The first kappa shape index (κ1) is 25.2. The Kier molecular flexibility index (Phi) is 7.15. The van der Waals surface area contributed by atoms with Crippen molar-refractivity contribution < 1.29 is 14.3 Å². The number of benzene rings is 2. The molecular formula is C29H25Cl2N3O3. The number of pyridine rings is 1. The summed E-state index contributed by atoms with van der Waals surface area (Å²) in [6, 6.07) is 13.2. The lowest BCUT2D eigenvalue weighted by atomic mass is 9.93. The average molecular weight is 534 g/mol. The summed E-state index contributed by atoms with van der Waals surface area (Å²) >= 11 is 13.2. The number of carbonyl (C=O) groups is 2. The molecule has 4 aromatic rings. The Bertz CT molecular complexity index is 1540. The molecule has 1 amide bonds. The molecule has 8 heteroatoms. The monoisotopic (exact) mass is 533 g/mol. The molecule has 1 aliphatic heterocycles. The molecular weight excluding hydrogens is 509 g/mol. The highest BCUT2D eigenvalue weighted by Gasteiger charge is 2.24. The molecule has 0 bridgehead atoms. The number of amides is 1. The molecule has 0 atom stereocenters. The van der Waals surface area contributed by atoms with Crippen LogP contribution in [-0.4, -0.2) is 52.9 Å². The van der Waals surface area contributed by atoms with Crippen molar-refractivity contribution in [2.45, 2.75) is 13.3 Å². The van der Waals surface area contributed by atoms with Gasteiger partial charge in [0.25, 0.3) is 5.91 Å². The van der Waals surface area contributed by atoms with Crippen LogP contribution < -0.4 is 0 Å². The highest BCUT2D eigenvalue weighted by molar-refractivity contribution is 6.37. The van der Waals surface area contributed by atoms with Crippen molar-refractivity contribution in [3.05, 3.63) is 88.1 Å². The van der Waals surface area contributed by atoms with Gasteiger partial charge >= 0.3 is 0 Å². The van der Waals surface area contributed by atoms with Crippen LogP contribution in [0, 0.1) is 6.92 Å². The predicted octanol–water partition coefficient (Wildman–Crippen LogP) is 6.28. The molecule has 1 saturated heterocycles. The van der Waals surface area contributed by atoms with E-state index in [9.17, 15) is 9.59 Å². The Labute approximate surface area is 224 Å². The van der Waals surface area contributed by atoms with Crippen LogP contribution in [-0.2, 0) is 16.0 Å². The van der Waals surface area contributed by atoms with E-state index in [4.69, 9.17) is 27.9 Å². The van der Waals surface area contributed by atoms with Gasteiger partial charge in [0.05, 0.1) is 34.5 Å². The molecule has 0 saturated carbocycles. The Morgan fingerprint density at radius 2 is 1.84 bits per heavy atom. The lowest BCUT2D eigenvalue weighted by Gasteiger charge is -2.27. The number of hydrogen-bond donors (Lipinski definition) is 1. The number of aryl methyl sites for hydroxylation is 1. The number of halogens is 2. The second-order valence-corrected chi connectivity index (χ2v) is 9.79. The van der Waals surface area contributed by atoms with E-state index >= 15 is 0 Å². The van der Waals surface area contributed by atoms with Gasteiger partial charge in [0, 0.05) is 36.7 Å². The minimum atomic E-state index is -0.135. The third-order valence-electron chi connectivity index (χ3n) is 6.66. The van der Waals surface area contributed by atoms with Gasteiger partial charge in [-0.15, -0.1) is 0 Å². The molecule has 0 aliphatic carbocycles. The van der Waals surface area contributed by atoms with Crippen LogP contribution in [0.15, 0.2) is 61.3 Å². The van der Waals surface area contributed by atoms with Crippen molar-refractivity contribution in [3.8, 4) is 22.4 Å². The van der Waals surface area contributed by atoms with E-state index in [-0.39, 0.29) is 18.1 Å². The first-order valence-electron chi connectivity index (χ1n) is 12.0. The number of allylic oxidation sites excluding steroid dienone is 1. The first-order valence-corrected chi connectivity index (χ1v) is 12.7. The number of hydrogen-bond acceptors (Lipinski definition) is 4. The van der Waals surface area contributed by atoms with E-state index in [2.05, 4.69) is 16.5 Å². The molecule has 6 nitrogen and oxygen atoms in total. The van der Waals surface area contributed by atoms with Gasteiger partial charge in [-0.1, -0.05) is 54.0 Å². The average Bonchev–Trinajstić information content (AvgIpc) is 3.31. The third kappa shape index (κ3) is 4.92. The zero-order valence-electron chi connectivity index (χ0n) is 20.3. The van der Waals surface area contributed by atoms with Crippen molar-refractivity contribution in [2.75, 3.05) is 26.3 Å². The minimum Gasteiger partial charge on any atom is -0.378 e. The largest absolute Gasteiger partial charge is 0.378 e. The highest BCUT2D eigenvalue weighted by Crippen LogP contribution is 2.42. The number of aromatic amines is 1. The fourth-order valence-electron chi connectivity index (χ4n) is 4.64. The topological polar surface area (TPSA) is 75.3 Å². The maximum Gasteiger partial charge on any atom is 0.255 e. The van der Waals surface area contributed by atoms with Crippen molar-refractivity contribution in [2.24, 2.45) is 0 Å². The Morgan fingerprint density at radius 1 is 1.08 bits per heavy atom. The van der Waals surface area contributed by atoms with E-state index in [0.29, 0.717) is 47.6 Å². The molecule has 37 heavy (non-hydrogen) atoms.